The van der Waals surface area contributed by atoms with Crippen LogP contribution >= 0.6 is 11.6 Å². The molecule has 0 aliphatic rings. The molecule has 4 nitrogen and oxygen atoms in total. The number of H-pyrrole nitrogens is 1. The lowest BCUT2D eigenvalue weighted by atomic mass is 10.2. The Morgan fingerprint density at radius 2 is 2.31 bits per heavy atom. The molecule has 0 saturated carbocycles. The van der Waals surface area contributed by atoms with E-state index >= 15 is 0 Å². The molecule has 5 heteroatoms. The van der Waals surface area contributed by atoms with Gasteiger partial charge in [-0.15, -0.1) is 11.6 Å². The van der Waals surface area contributed by atoms with Crippen LogP contribution in [0.25, 0.3) is 11.1 Å². The summed E-state index contributed by atoms with van der Waals surface area (Å²) in [6.45, 7) is 1.64. The van der Waals surface area contributed by atoms with Crippen LogP contribution in [0.2, 0.25) is 0 Å². The van der Waals surface area contributed by atoms with E-state index in [1.54, 1.807) is 6.07 Å². The lowest BCUT2D eigenvalue weighted by Crippen LogP contribution is -2.19. The Balaban J connectivity index is 2.22. The first-order valence-electron chi connectivity index (χ1n) is 5.05. The smallest absolute Gasteiger partial charge is 0.408 e. The zero-order valence-electron chi connectivity index (χ0n) is 9.00. The van der Waals surface area contributed by atoms with Crippen molar-refractivity contribution in [3.8, 4) is 0 Å². The van der Waals surface area contributed by atoms with Crippen molar-refractivity contribution in [2.24, 2.45) is 0 Å². The fourth-order valence-electron chi connectivity index (χ4n) is 1.63. The van der Waals surface area contributed by atoms with Gasteiger partial charge in [-0.05, 0) is 24.7 Å². The molecule has 0 atom stereocenters. The molecule has 0 unspecified atom stereocenters. The number of nitrogens with one attached hydrogen (secondary N) is 1. The summed E-state index contributed by atoms with van der Waals surface area (Å²) in [5.74, 6) is 0.197. The van der Waals surface area contributed by atoms with Crippen LogP contribution < -0.4 is 5.76 Å². The van der Waals surface area contributed by atoms with E-state index in [9.17, 15) is 4.79 Å². The summed E-state index contributed by atoms with van der Waals surface area (Å²) < 4.78 is 4.93. The van der Waals surface area contributed by atoms with Gasteiger partial charge in [-0.1, -0.05) is 6.07 Å². The van der Waals surface area contributed by atoms with Crippen LogP contribution in [0.1, 0.15) is 5.56 Å². The molecule has 0 amide bonds. The molecule has 0 radical (unpaired) electrons. The van der Waals surface area contributed by atoms with Gasteiger partial charge in [-0.2, -0.15) is 0 Å². The van der Waals surface area contributed by atoms with Crippen LogP contribution in [0.15, 0.2) is 27.4 Å². The number of aromatic nitrogens is 1. The molecular weight excluding hydrogens is 228 g/mol. The second-order valence-electron chi connectivity index (χ2n) is 3.77. The molecule has 0 aliphatic carbocycles. The summed E-state index contributed by atoms with van der Waals surface area (Å²) in [5.41, 5.74) is 2.45. The van der Waals surface area contributed by atoms with Crippen molar-refractivity contribution in [2.75, 3.05) is 19.5 Å². The molecule has 86 valence electrons. The van der Waals surface area contributed by atoms with E-state index in [2.05, 4.69) is 9.88 Å². The van der Waals surface area contributed by atoms with Gasteiger partial charge < -0.3 is 9.32 Å². The number of oxazole rings is 1. The van der Waals surface area contributed by atoms with Crippen LogP contribution in [-0.4, -0.2) is 29.4 Å². The Labute approximate surface area is 97.8 Å². The molecule has 16 heavy (non-hydrogen) atoms. The molecule has 1 heterocycles. The summed E-state index contributed by atoms with van der Waals surface area (Å²) in [4.78, 5) is 15.7. The number of hydrogen-bond donors (Lipinski definition) is 1. The number of benzene rings is 1. The lowest BCUT2D eigenvalue weighted by Gasteiger charge is -2.14. The van der Waals surface area contributed by atoms with E-state index < -0.39 is 5.76 Å². The van der Waals surface area contributed by atoms with E-state index in [0.717, 1.165) is 24.2 Å². The van der Waals surface area contributed by atoms with Crippen LogP contribution in [0.3, 0.4) is 0 Å². The molecular formula is C11H13ClN2O2. The molecule has 0 bridgehead atoms. The van der Waals surface area contributed by atoms with Crippen molar-refractivity contribution in [1.82, 2.24) is 9.88 Å². The van der Waals surface area contributed by atoms with Gasteiger partial charge in [0.1, 0.15) is 0 Å². The molecule has 1 N–H and O–H groups in total. The molecule has 0 spiro atoms. The summed E-state index contributed by atoms with van der Waals surface area (Å²) in [5, 5.41) is 0. The molecule has 1 aromatic carbocycles. The lowest BCUT2D eigenvalue weighted by molar-refractivity contribution is 0.348. The second kappa shape index (κ2) is 4.72. The van der Waals surface area contributed by atoms with Crippen molar-refractivity contribution >= 4 is 22.7 Å². The van der Waals surface area contributed by atoms with Crippen molar-refractivity contribution < 1.29 is 4.42 Å². The number of aromatic amines is 1. The van der Waals surface area contributed by atoms with Crippen molar-refractivity contribution in [3.63, 3.8) is 0 Å². The molecule has 0 saturated heterocycles. The summed E-state index contributed by atoms with van der Waals surface area (Å²) in [6, 6.07) is 5.67. The van der Waals surface area contributed by atoms with Crippen molar-refractivity contribution in [3.05, 3.63) is 34.3 Å². The number of hydrogen-bond acceptors (Lipinski definition) is 3. The summed E-state index contributed by atoms with van der Waals surface area (Å²) in [6.07, 6.45) is 0. The Hall–Kier alpha value is -1.26. The highest BCUT2D eigenvalue weighted by atomic mass is 35.5. The maximum atomic E-state index is 11.0. The van der Waals surface area contributed by atoms with E-state index in [-0.39, 0.29) is 0 Å². The first-order valence-corrected chi connectivity index (χ1v) is 5.59. The second-order valence-corrected chi connectivity index (χ2v) is 4.15. The zero-order chi connectivity index (χ0) is 11.5. The van der Waals surface area contributed by atoms with Gasteiger partial charge in [0.2, 0.25) is 0 Å². The predicted molar refractivity (Wildman–Crippen MR) is 63.9 cm³/mol. The minimum absolute atomic E-state index is 0.415. The first-order chi connectivity index (χ1) is 7.69. The Morgan fingerprint density at radius 3 is 3.06 bits per heavy atom. The van der Waals surface area contributed by atoms with E-state index in [4.69, 9.17) is 16.0 Å². The topological polar surface area (TPSA) is 49.2 Å². The molecule has 2 rings (SSSR count). The van der Waals surface area contributed by atoms with Gasteiger partial charge in [-0.25, -0.2) is 4.79 Å². The normalized spacial score (nSPS) is 11.4. The van der Waals surface area contributed by atoms with E-state index in [0.29, 0.717) is 11.5 Å². The average Bonchev–Trinajstić information content (AvgIpc) is 2.57. The van der Waals surface area contributed by atoms with Crippen LogP contribution in [-0.2, 0) is 6.54 Å². The highest BCUT2D eigenvalue weighted by Gasteiger charge is 2.04. The number of rotatable bonds is 4. The summed E-state index contributed by atoms with van der Waals surface area (Å²) >= 11 is 5.66. The number of alkyl halides is 1. The van der Waals surface area contributed by atoms with Gasteiger partial charge in [0.05, 0.1) is 5.52 Å². The summed E-state index contributed by atoms with van der Waals surface area (Å²) in [7, 11) is 2.00. The largest absolute Gasteiger partial charge is 0.417 e. The fourth-order valence-corrected chi connectivity index (χ4v) is 1.92. The van der Waals surface area contributed by atoms with Crippen LogP contribution in [0, 0.1) is 0 Å². The van der Waals surface area contributed by atoms with E-state index in [1.807, 2.05) is 19.2 Å². The van der Waals surface area contributed by atoms with Gasteiger partial charge in [-0.3, -0.25) is 4.98 Å². The third-order valence-electron chi connectivity index (χ3n) is 2.40. The highest BCUT2D eigenvalue weighted by Crippen LogP contribution is 2.13. The third-order valence-corrected chi connectivity index (χ3v) is 2.57. The third kappa shape index (κ3) is 2.46. The fraction of sp³-hybridized carbons (Fsp3) is 0.364. The highest BCUT2D eigenvalue weighted by molar-refractivity contribution is 6.18. The van der Waals surface area contributed by atoms with Gasteiger partial charge >= 0.3 is 5.76 Å². The van der Waals surface area contributed by atoms with E-state index in [1.165, 1.54) is 0 Å². The first kappa shape index (κ1) is 11.2. The molecule has 2 aromatic rings. The maximum Gasteiger partial charge on any atom is 0.417 e. The molecule has 1 aromatic heterocycles. The zero-order valence-corrected chi connectivity index (χ0v) is 9.75. The Bertz CT molecular complexity index is 532. The van der Waals surface area contributed by atoms with Crippen molar-refractivity contribution in [1.29, 1.82) is 0 Å². The molecule has 0 aliphatic heterocycles. The Kier molecular flexibility index (Phi) is 3.31. The Morgan fingerprint density at radius 1 is 1.50 bits per heavy atom. The minimum atomic E-state index is -0.415. The number of halogens is 1. The van der Waals surface area contributed by atoms with Gasteiger partial charge in [0, 0.05) is 19.0 Å². The van der Waals surface area contributed by atoms with Crippen molar-refractivity contribution in [2.45, 2.75) is 6.54 Å². The monoisotopic (exact) mass is 240 g/mol. The van der Waals surface area contributed by atoms with Crippen LogP contribution in [0.4, 0.5) is 0 Å². The standard InChI is InChI=1S/C11H13ClN2O2/c1-14(5-4-12)7-8-2-3-10-9(6-8)13-11(15)16-10/h2-3,6H,4-5,7H2,1H3,(H,13,15). The van der Waals surface area contributed by atoms with Gasteiger partial charge in [0.25, 0.3) is 0 Å². The minimum Gasteiger partial charge on any atom is -0.408 e. The predicted octanol–water partition coefficient (Wildman–Crippen LogP) is 1.79. The van der Waals surface area contributed by atoms with Gasteiger partial charge in [0.15, 0.2) is 5.58 Å². The average molecular weight is 241 g/mol. The maximum absolute atomic E-state index is 11.0. The molecule has 0 fully saturated rings. The SMILES string of the molecule is CN(CCCl)Cc1ccc2oc(=O)[nH]c2c1. The number of nitrogens with zero attached hydrogens (tertiary/aromatic N) is 1. The number of fused-ring (bicyclic) bond motifs is 1. The van der Waals surface area contributed by atoms with Crippen LogP contribution in [0.5, 0.6) is 0 Å². The quantitative estimate of drug-likeness (QED) is 0.829.